The number of aryl methyl sites for hydroxylation is 1. The van der Waals surface area contributed by atoms with Crippen LogP contribution in [0.15, 0.2) is 54.6 Å². The van der Waals surface area contributed by atoms with Crippen LogP contribution in [-0.4, -0.2) is 53.8 Å². The van der Waals surface area contributed by atoms with Crippen molar-refractivity contribution in [3.05, 3.63) is 71.3 Å². The molecule has 0 spiro atoms. The molecule has 1 aliphatic heterocycles. The van der Waals surface area contributed by atoms with E-state index in [1.165, 1.54) is 18.4 Å². The summed E-state index contributed by atoms with van der Waals surface area (Å²) in [4.78, 5) is 30.3. The van der Waals surface area contributed by atoms with Gasteiger partial charge in [0.25, 0.3) is 5.91 Å². The third-order valence-electron chi connectivity index (χ3n) is 6.68. The molecule has 0 radical (unpaired) electrons. The fraction of sp³-hybridized carbons (Fsp3) is 0.462. The summed E-state index contributed by atoms with van der Waals surface area (Å²) in [6.07, 6.45) is 4.65. The molecule has 0 aromatic heterocycles. The van der Waals surface area contributed by atoms with Gasteiger partial charge in [0.1, 0.15) is 0 Å². The van der Waals surface area contributed by atoms with E-state index < -0.39 is 0 Å². The molecule has 2 fully saturated rings. The number of carbonyl (C=O) groups is 2. The van der Waals surface area contributed by atoms with Crippen molar-refractivity contribution in [2.24, 2.45) is 5.92 Å². The van der Waals surface area contributed by atoms with Gasteiger partial charge in [0.15, 0.2) is 0 Å². The van der Waals surface area contributed by atoms with E-state index in [2.05, 4.69) is 35.3 Å². The molecule has 1 aliphatic carbocycles. The van der Waals surface area contributed by atoms with E-state index in [9.17, 15) is 9.59 Å². The molecule has 4 rings (SSSR count). The fourth-order valence-corrected chi connectivity index (χ4v) is 5.03. The molecule has 1 N–H and O–H groups in total. The second-order valence-electron chi connectivity index (χ2n) is 8.89. The van der Waals surface area contributed by atoms with Gasteiger partial charge in [0.05, 0.1) is 6.04 Å². The highest BCUT2D eigenvalue weighted by Gasteiger charge is 2.37. The molecular weight excluding hydrogens is 386 g/mol. The maximum absolute atomic E-state index is 13.3. The molecule has 1 saturated carbocycles. The van der Waals surface area contributed by atoms with Crippen molar-refractivity contribution in [2.45, 2.75) is 45.2 Å². The lowest BCUT2D eigenvalue weighted by Gasteiger charge is -2.40. The van der Waals surface area contributed by atoms with Crippen LogP contribution in [0.3, 0.4) is 0 Å². The van der Waals surface area contributed by atoms with Gasteiger partial charge >= 0.3 is 0 Å². The molecule has 5 heteroatoms. The molecule has 31 heavy (non-hydrogen) atoms. The zero-order valence-electron chi connectivity index (χ0n) is 18.4. The number of nitrogens with zero attached hydrogens (tertiary/aromatic N) is 2. The average molecular weight is 420 g/mol. The molecule has 2 aromatic rings. The van der Waals surface area contributed by atoms with Gasteiger partial charge in [-0.15, -0.1) is 0 Å². The highest BCUT2D eigenvalue weighted by molar-refractivity contribution is 5.94. The molecule has 1 saturated heterocycles. The first-order chi connectivity index (χ1) is 15.1. The zero-order valence-corrected chi connectivity index (χ0v) is 18.4. The van der Waals surface area contributed by atoms with E-state index in [0.29, 0.717) is 25.6 Å². The van der Waals surface area contributed by atoms with Crippen LogP contribution in [0, 0.1) is 12.8 Å². The third kappa shape index (κ3) is 5.34. The number of nitrogens with one attached hydrogen (secondary N) is 1. The molecule has 2 amide bonds. The second kappa shape index (κ2) is 10.1. The minimum atomic E-state index is -0.0960. The average Bonchev–Trinajstić information content (AvgIpc) is 3.33. The predicted octanol–water partition coefficient (Wildman–Crippen LogP) is 3.63. The van der Waals surface area contributed by atoms with Gasteiger partial charge in [0, 0.05) is 38.3 Å². The Labute approximate surface area is 185 Å². The van der Waals surface area contributed by atoms with Gasteiger partial charge in [-0.25, -0.2) is 0 Å². The summed E-state index contributed by atoms with van der Waals surface area (Å²) >= 11 is 0. The number of rotatable bonds is 6. The number of benzene rings is 2. The summed E-state index contributed by atoms with van der Waals surface area (Å²) in [5.74, 6) is 0.631. The van der Waals surface area contributed by atoms with Crippen molar-refractivity contribution < 1.29 is 9.59 Å². The molecule has 2 aliphatic rings. The van der Waals surface area contributed by atoms with Crippen LogP contribution in [-0.2, 0) is 11.3 Å². The Morgan fingerprint density at radius 1 is 0.968 bits per heavy atom. The normalized spacial score (nSPS) is 18.7. The summed E-state index contributed by atoms with van der Waals surface area (Å²) in [5, 5.41) is 3.20. The number of piperazine rings is 1. The van der Waals surface area contributed by atoms with Crippen molar-refractivity contribution >= 4 is 11.8 Å². The van der Waals surface area contributed by atoms with Crippen LogP contribution in [0.1, 0.15) is 47.2 Å². The number of carbonyl (C=O) groups excluding carboxylic acids is 2. The lowest BCUT2D eigenvalue weighted by molar-refractivity contribution is -0.129. The standard InChI is InChI=1S/C26H33N3O2/c1-20-8-7-9-21(18-20)19-27-25(30)24(22-10-5-6-11-22)28-14-16-29(17-15-28)26(31)23-12-3-2-4-13-23/h2-4,7-9,12-13,18,22,24H,5-6,10-11,14-17,19H2,1H3,(H,27,30)/t24-/m0/s1. The van der Waals surface area contributed by atoms with Gasteiger partial charge in [-0.1, -0.05) is 60.9 Å². The molecule has 1 heterocycles. The van der Waals surface area contributed by atoms with Crippen LogP contribution in [0.2, 0.25) is 0 Å². The first-order valence-electron chi connectivity index (χ1n) is 11.5. The first-order valence-corrected chi connectivity index (χ1v) is 11.5. The van der Waals surface area contributed by atoms with Crippen molar-refractivity contribution in [1.29, 1.82) is 0 Å². The van der Waals surface area contributed by atoms with Crippen molar-refractivity contribution in [3.8, 4) is 0 Å². The van der Waals surface area contributed by atoms with Crippen molar-refractivity contribution in [3.63, 3.8) is 0 Å². The molecule has 164 valence electrons. The summed E-state index contributed by atoms with van der Waals surface area (Å²) < 4.78 is 0. The summed E-state index contributed by atoms with van der Waals surface area (Å²) in [5.41, 5.74) is 3.08. The largest absolute Gasteiger partial charge is 0.351 e. The Balaban J connectivity index is 1.39. The van der Waals surface area contributed by atoms with Crippen LogP contribution < -0.4 is 5.32 Å². The topological polar surface area (TPSA) is 52.7 Å². The van der Waals surface area contributed by atoms with Crippen LogP contribution in [0.4, 0.5) is 0 Å². The molecule has 5 nitrogen and oxygen atoms in total. The van der Waals surface area contributed by atoms with Gasteiger partial charge in [-0.3, -0.25) is 14.5 Å². The SMILES string of the molecule is Cc1cccc(CNC(=O)[C@H](C2CCCC2)N2CCN(C(=O)c3ccccc3)CC2)c1. The second-order valence-corrected chi connectivity index (χ2v) is 8.89. The zero-order chi connectivity index (χ0) is 21.6. The van der Waals surface area contributed by atoms with Gasteiger partial charge < -0.3 is 10.2 Å². The highest BCUT2D eigenvalue weighted by atomic mass is 16.2. The molecule has 1 atom stereocenters. The summed E-state index contributed by atoms with van der Waals surface area (Å²) in [7, 11) is 0. The molecular formula is C26H33N3O2. The van der Waals surface area contributed by atoms with E-state index >= 15 is 0 Å². The van der Waals surface area contributed by atoms with Crippen LogP contribution >= 0.6 is 0 Å². The summed E-state index contributed by atoms with van der Waals surface area (Å²) in [6, 6.07) is 17.7. The quantitative estimate of drug-likeness (QED) is 0.778. The van der Waals surface area contributed by atoms with Crippen LogP contribution in [0.25, 0.3) is 0 Å². The van der Waals surface area contributed by atoms with E-state index in [4.69, 9.17) is 0 Å². The maximum atomic E-state index is 13.3. The number of hydrogen-bond donors (Lipinski definition) is 1. The van der Waals surface area contributed by atoms with Crippen LogP contribution in [0.5, 0.6) is 0 Å². The van der Waals surface area contributed by atoms with Gasteiger partial charge in [-0.2, -0.15) is 0 Å². The minimum absolute atomic E-state index is 0.0848. The first kappa shape index (κ1) is 21.6. The highest BCUT2D eigenvalue weighted by Crippen LogP contribution is 2.31. The Kier molecular flexibility index (Phi) is 7.03. The maximum Gasteiger partial charge on any atom is 0.253 e. The van der Waals surface area contributed by atoms with E-state index in [1.54, 1.807) is 0 Å². The third-order valence-corrected chi connectivity index (χ3v) is 6.68. The summed E-state index contributed by atoms with van der Waals surface area (Å²) in [6.45, 7) is 5.47. The Hall–Kier alpha value is -2.66. The Morgan fingerprint density at radius 3 is 2.35 bits per heavy atom. The van der Waals surface area contributed by atoms with Crippen molar-refractivity contribution in [2.75, 3.05) is 26.2 Å². The predicted molar refractivity (Wildman–Crippen MR) is 123 cm³/mol. The van der Waals surface area contributed by atoms with Gasteiger partial charge in [0.2, 0.25) is 5.91 Å². The van der Waals surface area contributed by atoms with E-state index in [-0.39, 0.29) is 17.9 Å². The molecule has 0 unspecified atom stereocenters. The Bertz CT molecular complexity index is 885. The lowest BCUT2D eigenvalue weighted by atomic mass is 9.94. The van der Waals surface area contributed by atoms with E-state index in [1.807, 2.05) is 41.3 Å². The number of amides is 2. The van der Waals surface area contributed by atoms with E-state index in [0.717, 1.165) is 37.1 Å². The monoisotopic (exact) mass is 419 g/mol. The fourth-order valence-electron chi connectivity index (χ4n) is 5.03. The minimum Gasteiger partial charge on any atom is -0.351 e. The number of hydrogen-bond acceptors (Lipinski definition) is 3. The molecule has 0 bridgehead atoms. The van der Waals surface area contributed by atoms with Crippen molar-refractivity contribution in [1.82, 2.24) is 15.1 Å². The smallest absolute Gasteiger partial charge is 0.253 e. The van der Waals surface area contributed by atoms with Gasteiger partial charge in [-0.05, 0) is 43.4 Å². The lowest BCUT2D eigenvalue weighted by Crippen LogP contribution is -2.57. The molecule has 2 aromatic carbocycles. The Morgan fingerprint density at radius 2 is 1.68 bits per heavy atom.